The summed E-state index contributed by atoms with van der Waals surface area (Å²) in [4.78, 5) is 11.7. The molecule has 4 nitrogen and oxygen atoms in total. The number of carbonyl (C=O) groups excluding carboxylic acids is 1. The zero-order valence-electron chi connectivity index (χ0n) is 10.7. The van der Waals surface area contributed by atoms with Gasteiger partial charge in [-0.05, 0) is 12.3 Å². The summed E-state index contributed by atoms with van der Waals surface area (Å²) in [6.45, 7) is 3.75. The highest BCUT2D eigenvalue weighted by Gasteiger charge is 2.13. The average Bonchev–Trinajstić information content (AvgIpc) is 2.35. The number of ketones is 1. The molecule has 0 aliphatic rings. The molecular weight excluding hydrogens is 250 g/mol. The van der Waals surface area contributed by atoms with Crippen LogP contribution in [-0.4, -0.2) is 26.5 Å². The lowest BCUT2D eigenvalue weighted by atomic mass is 10.1. The topological polar surface area (TPSA) is 63.2 Å². The Balaban J connectivity index is 2.48. The number of hydrogen-bond donors (Lipinski definition) is 1. The Morgan fingerprint density at radius 1 is 1.22 bits per heavy atom. The van der Waals surface area contributed by atoms with E-state index in [1.165, 1.54) is 0 Å². The van der Waals surface area contributed by atoms with Crippen molar-refractivity contribution in [1.82, 2.24) is 4.72 Å². The van der Waals surface area contributed by atoms with Gasteiger partial charge in [0.15, 0.2) is 5.78 Å². The zero-order valence-corrected chi connectivity index (χ0v) is 11.5. The van der Waals surface area contributed by atoms with Gasteiger partial charge in [0, 0.05) is 5.56 Å². The molecule has 0 aliphatic heterocycles. The summed E-state index contributed by atoms with van der Waals surface area (Å²) in [5.41, 5.74) is 0.518. The van der Waals surface area contributed by atoms with Gasteiger partial charge in [0.1, 0.15) is 0 Å². The van der Waals surface area contributed by atoms with Crippen molar-refractivity contribution in [2.45, 2.75) is 20.3 Å². The number of carbonyl (C=O) groups is 1. The molecule has 0 unspecified atom stereocenters. The van der Waals surface area contributed by atoms with Crippen molar-refractivity contribution in [2.24, 2.45) is 5.92 Å². The molecule has 1 aromatic carbocycles. The van der Waals surface area contributed by atoms with Gasteiger partial charge in [0.05, 0.1) is 12.3 Å². The van der Waals surface area contributed by atoms with Gasteiger partial charge >= 0.3 is 0 Å². The van der Waals surface area contributed by atoms with Crippen molar-refractivity contribution in [1.29, 1.82) is 0 Å². The summed E-state index contributed by atoms with van der Waals surface area (Å²) < 4.78 is 25.6. The molecule has 1 aromatic rings. The van der Waals surface area contributed by atoms with E-state index in [4.69, 9.17) is 0 Å². The van der Waals surface area contributed by atoms with Crippen LogP contribution in [0.5, 0.6) is 0 Å². The Kier molecular flexibility index (Phi) is 5.50. The minimum absolute atomic E-state index is 0.0622. The third-order valence-corrected chi connectivity index (χ3v) is 3.87. The Morgan fingerprint density at radius 2 is 1.83 bits per heavy atom. The first kappa shape index (κ1) is 14.9. The number of nitrogens with one attached hydrogen (secondary N) is 1. The van der Waals surface area contributed by atoms with Crippen LogP contribution in [0.4, 0.5) is 0 Å². The quantitative estimate of drug-likeness (QED) is 0.768. The Hall–Kier alpha value is -1.20. The SMILES string of the molecule is CC(C)CCS(=O)(=O)NCC(=O)c1ccccc1. The van der Waals surface area contributed by atoms with Crippen LogP contribution in [0.2, 0.25) is 0 Å². The number of hydrogen-bond acceptors (Lipinski definition) is 3. The van der Waals surface area contributed by atoms with Crippen molar-refractivity contribution in [3.05, 3.63) is 35.9 Å². The number of rotatable bonds is 7. The molecule has 0 heterocycles. The molecule has 0 aliphatic carbocycles. The van der Waals surface area contributed by atoms with E-state index in [0.717, 1.165) is 0 Å². The van der Waals surface area contributed by atoms with E-state index in [0.29, 0.717) is 17.9 Å². The van der Waals surface area contributed by atoms with E-state index < -0.39 is 10.0 Å². The molecule has 18 heavy (non-hydrogen) atoms. The van der Waals surface area contributed by atoms with Gasteiger partial charge in [-0.25, -0.2) is 13.1 Å². The van der Waals surface area contributed by atoms with Gasteiger partial charge < -0.3 is 0 Å². The van der Waals surface area contributed by atoms with Crippen LogP contribution in [0, 0.1) is 5.92 Å². The molecule has 1 rings (SSSR count). The first-order valence-corrected chi connectivity index (χ1v) is 7.61. The van der Waals surface area contributed by atoms with Gasteiger partial charge in [0.2, 0.25) is 10.0 Å². The van der Waals surface area contributed by atoms with Crippen molar-refractivity contribution in [3.8, 4) is 0 Å². The molecule has 0 radical (unpaired) electrons. The molecule has 0 saturated heterocycles. The van der Waals surface area contributed by atoms with Gasteiger partial charge in [-0.2, -0.15) is 0 Å². The summed E-state index contributed by atoms with van der Waals surface area (Å²) in [6, 6.07) is 8.65. The first-order chi connectivity index (χ1) is 8.41. The fourth-order valence-corrected chi connectivity index (χ4v) is 2.64. The normalized spacial score (nSPS) is 11.7. The largest absolute Gasteiger partial charge is 0.293 e. The highest BCUT2D eigenvalue weighted by atomic mass is 32.2. The smallest absolute Gasteiger partial charge is 0.212 e. The monoisotopic (exact) mass is 269 g/mol. The third-order valence-electron chi connectivity index (χ3n) is 2.51. The number of sulfonamides is 1. The molecule has 0 amide bonds. The van der Waals surface area contributed by atoms with Crippen LogP contribution in [0.25, 0.3) is 0 Å². The average molecular weight is 269 g/mol. The second kappa shape index (κ2) is 6.66. The summed E-state index contributed by atoms with van der Waals surface area (Å²) in [5, 5.41) is 0. The maximum absolute atomic E-state index is 11.7. The van der Waals surface area contributed by atoms with Crippen molar-refractivity contribution < 1.29 is 13.2 Å². The molecular formula is C13H19NO3S. The van der Waals surface area contributed by atoms with Crippen molar-refractivity contribution in [3.63, 3.8) is 0 Å². The molecule has 1 N–H and O–H groups in total. The first-order valence-electron chi connectivity index (χ1n) is 5.96. The van der Waals surface area contributed by atoms with Crippen LogP contribution in [-0.2, 0) is 10.0 Å². The molecule has 0 spiro atoms. The molecule has 0 bridgehead atoms. The predicted molar refractivity (Wildman–Crippen MR) is 72.0 cm³/mol. The standard InChI is InChI=1S/C13H19NO3S/c1-11(2)8-9-18(16,17)14-10-13(15)12-6-4-3-5-7-12/h3-7,11,14H,8-10H2,1-2H3. The lowest BCUT2D eigenvalue weighted by Crippen LogP contribution is -2.32. The highest BCUT2D eigenvalue weighted by Crippen LogP contribution is 2.03. The van der Waals surface area contributed by atoms with E-state index in [1.807, 2.05) is 19.9 Å². The van der Waals surface area contributed by atoms with E-state index in [-0.39, 0.29) is 18.1 Å². The van der Waals surface area contributed by atoms with Gasteiger partial charge in [-0.15, -0.1) is 0 Å². The van der Waals surface area contributed by atoms with E-state index in [1.54, 1.807) is 24.3 Å². The lowest BCUT2D eigenvalue weighted by molar-refractivity contribution is 0.0997. The lowest BCUT2D eigenvalue weighted by Gasteiger charge is -2.07. The summed E-state index contributed by atoms with van der Waals surface area (Å²) in [6.07, 6.45) is 0.592. The molecule has 0 aromatic heterocycles. The predicted octanol–water partition coefficient (Wildman–Crippen LogP) is 1.83. The van der Waals surface area contributed by atoms with Crippen LogP contribution in [0.3, 0.4) is 0 Å². The number of benzene rings is 1. The number of Topliss-reactive ketones (excluding diaryl/α,β-unsaturated/α-hetero) is 1. The molecule has 0 saturated carbocycles. The van der Waals surface area contributed by atoms with Crippen LogP contribution >= 0.6 is 0 Å². The highest BCUT2D eigenvalue weighted by molar-refractivity contribution is 7.89. The van der Waals surface area contributed by atoms with Gasteiger partial charge in [-0.1, -0.05) is 44.2 Å². The summed E-state index contributed by atoms with van der Waals surface area (Å²) in [7, 11) is -3.35. The Morgan fingerprint density at radius 3 is 2.39 bits per heavy atom. The van der Waals surface area contributed by atoms with E-state index in [9.17, 15) is 13.2 Å². The van der Waals surface area contributed by atoms with Crippen LogP contribution < -0.4 is 4.72 Å². The van der Waals surface area contributed by atoms with Crippen LogP contribution in [0.1, 0.15) is 30.6 Å². The zero-order chi connectivity index (χ0) is 13.6. The Labute approximate surface area is 108 Å². The molecule has 5 heteroatoms. The van der Waals surface area contributed by atoms with Gasteiger partial charge in [-0.3, -0.25) is 4.79 Å². The molecule has 0 atom stereocenters. The van der Waals surface area contributed by atoms with Crippen molar-refractivity contribution in [2.75, 3.05) is 12.3 Å². The summed E-state index contributed by atoms with van der Waals surface area (Å²) >= 11 is 0. The molecule has 100 valence electrons. The van der Waals surface area contributed by atoms with Gasteiger partial charge in [0.25, 0.3) is 0 Å². The fourth-order valence-electron chi connectivity index (χ4n) is 1.36. The second-order valence-electron chi connectivity index (χ2n) is 4.61. The van der Waals surface area contributed by atoms with Crippen molar-refractivity contribution >= 4 is 15.8 Å². The maximum Gasteiger partial charge on any atom is 0.212 e. The molecule has 0 fully saturated rings. The van der Waals surface area contributed by atoms with Crippen LogP contribution in [0.15, 0.2) is 30.3 Å². The second-order valence-corrected chi connectivity index (χ2v) is 6.54. The maximum atomic E-state index is 11.7. The fraction of sp³-hybridized carbons (Fsp3) is 0.462. The third kappa shape index (κ3) is 5.42. The minimum atomic E-state index is -3.35. The summed E-state index contributed by atoms with van der Waals surface area (Å²) in [5.74, 6) is 0.169. The minimum Gasteiger partial charge on any atom is -0.293 e. The Bertz CT molecular complexity index is 480. The van der Waals surface area contributed by atoms with E-state index in [2.05, 4.69) is 4.72 Å². The van der Waals surface area contributed by atoms with E-state index >= 15 is 0 Å².